The number of nitro groups is 1. The minimum Gasteiger partial charge on any atom is -0.497 e. The number of nitrogens with one attached hydrogen (secondary N) is 1. The molecule has 0 spiro atoms. The Morgan fingerprint density at radius 2 is 1.84 bits per heavy atom. The average molecular weight is 420 g/mol. The van der Waals surface area contributed by atoms with Crippen LogP contribution in [0.3, 0.4) is 0 Å². The number of aromatic nitrogens is 2. The van der Waals surface area contributed by atoms with Gasteiger partial charge in [0.15, 0.2) is 0 Å². The first-order chi connectivity index (χ1) is 15.0. The van der Waals surface area contributed by atoms with Crippen molar-refractivity contribution in [1.29, 1.82) is 0 Å². The quantitative estimate of drug-likeness (QED) is 0.340. The third-order valence-electron chi connectivity index (χ3n) is 4.41. The van der Waals surface area contributed by atoms with E-state index in [2.05, 4.69) is 10.4 Å². The van der Waals surface area contributed by atoms with Crippen molar-refractivity contribution in [2.24, 2.45) is 0 Å². The molecule has 0 atom stereocenters. The fourth-order valence-corrected chi connectivity index (χ4v) is 2.75. The molecule has 1 amide bonds. The number of rotatable bonds is 8. The second kappa shape index (κ2) is 9.97. The van der Waals surface area contributed by atoms with Gasteiger partial charge in [-0.05, 0) is 54.1 Å². The molecule has 2 aromatic carbocycles. The summed E-state index contributed by atoms with van der Waals surface area (Å²) in [5.74, 6) is 0.374. The van der Waals surface area contributed by atoms with Crippen molar-refractivity contribution in [2.45, 2.75) is 6.54 Å². The average Bonchev–Trinajstić information content (AvgIpc) is 2.79. The molecule has 0 fully saturated rings. The standard InChI is InChI=1S/C22H20N4O5/c1-31-19-9-5-17(6-10-19)20-11-13-22(28)25(24-20)15-14-23-21(27)12-4-16-2-7-18(8-3-16)26(29)30/h2-13H,14-15H2,1H3,(H,23,27)/b12-4+. The van der Waals surface area contributed by atoms with E-state index < -0.39 is 4.92 Å². The van der Waals surface area contributed by atoms with Crippen molar-refractivity contribution in [3.8, 4) is 17.0 Å². The molecule has 0 saturated carbocycles. The van der Waals surface area contributed by atoms with Crippen LogP contribution in [0.2, 0.25) is 0 Å². The van der Waals surface area contributed by atoms with Gasteiger partial charge >= 0.3 is 0 Å². The fraction of sp³-hybridized carbons (Fsp3) is 0.136. The number of amides is 1. The van der Waals surface area contributed by atoms with Crippen LogP contribution < -0.4 is 15.6 Å². The van der Waals surface area contributed by atoms with E-state index in [1.54, 1.807) is 31.4 Å². The van der Waals surface area contributed by atoms with Crippen LogP contribution in [0, 0.1) is 10.1 Å². The molecule has 158 valence electrons. The van der Waals surface area contributed by atoms with E-state index in [-0.39, 0.29) is 30.2 Å². The van der Waals surface area contributed by atoms with Crippen LogP contribution >= 0.6 is 0 Å². The largest absolute Gasteiger partial charge is 0.497 e. The molecule has 0 saturated heterocycles. The van der Waals surface area contributed by atoms with Crippen molar-refractivity contribution < 1.29 is 14.5 Å². The molecule has 9 heteroatoms. The Morgan fingerprint density at radius 1 is 1.13 bits per heavy atom. The van der Waals surface area contributed by atoms with E-state index in [9.17, 15) is 19.7 Å². The first-order valence-electron chi connectivity index (χ1n) is 9.39. The molecule has 1 heterocycles. The molecule has 3 rings (SSSR count). The van der Waals surface area contributed by atoms with Crippen LogP contribution in [0.15, 0.2) is 71.5 Å². The summed E-state index contributed by atoms with van der Waals surface area (Å²) in [5.41, 5.74) is 1.84. The van der Waals surface area contributed by atoms with Gasteiger partial charge < -0.3 is 10.1 Å². The monoisotopic (exact) mass is 420 g/mol. The minimum absolute atomic E-state index is 0.0172. The predicted octanol–water partition coefficient (Wildman–Crippen LogP) is 2.66. The topological polar surface area (TPSA) is 116 Å². The maximum atomic E-state index is 12.1. The second-order valence-corrected chi connectivity index (χ2v) is 6.48. The summed E-state index contributed by atoms with van der Waals surface area (Å²) < 4.78 is 6.43. The molecule has 9 nitrogen and oxygen atoms in total. The van der Waals surface area contributed by atoms with Gasteiger partial charge in [0.05, 0.1) is 24.3 Å². The highest BCUT2D eigenvalue weighted by molar-refractivity contribution is 5.91. The van der Waals surface area contributed by atoms with Crippen molar-refractivity contribution >= 4 is 17.7 Å². The van der Waals surface area contributed by atoms with Crippen LogP contribution in [0.1, 0.15) is 5.56 Å². The molecule has 1 aromatic heterocycles. The molecule has 0 bridgehead atoms. The lowest BCUT2D eigenvalue weighted by Gasteiger charge is -2.08. The van der Waals surface area contributed by atoms with Crippen LogP contribution in [-0.2, 0) is 11.3 Å². The summed E-state index contributed by atoms with van der Waals surface area (Å²) in [5, 5.41) is 17.7. The van der Waals surface area contributed by atoms with Gasteiger partial charge in [-0.15, -0.1) is 0 Å². The zero-order chi connectivity index (χ0) is 22.2. The van der Waals surface area contributed by atoms with Gasteiger partial charge in [0, 0.05) is 36.4 Å². The molecule has 0 aliphatic carbocycles. The Balaban J connectivity index is 1.57. The number of carbonyl (C=O) groups is 1. The van der Waals surface area contributed by atoms with E-state index in [1.807, 2.05) is 24.3 Å². The molecule has 1 N–H and O–H groups in total. The number of methoxy groups -OCH3 is 1. The maximum Gasteiger partial charge on any atom is 0.269 e. The Hall–Kier alpha value is -4.27. The summed E-state index contributed by atoms with van der Waals surface area (Å²) in [6.45, 7) is 0.419. The van der Waals surface area contributed by atoms with Crippen LogP contribution in [-0.4, -0.2) is 34.3 Å². The molecular formula is C22H20N4O5. The SMILES string of the molecule is COc1ccc(-c2ccc(=O)n(CCNC(=O)/C=C/c3ccc([N+](=O)[O-])cc3)n2)cc1. The lowest BCUT2D eigenvalue weighted by molar-refractivity contribution is -0.384. The number of nitrogens with zero attached hydrogens (tertiary/aromatic N) is 3. The molecule has 3 aromatic rings. The van der Waals surface area contributed by atoms with Gasteiger partial charge in [0.2, 0.25) is 5.91 Å². The number of benzene rings is 2. The van der Waals surface area contributed by atoms with Gasteiger partial charge in [-0.1, -0.05) is 0 Å². The van der Waals surface area contributed by atoms with Crippen molar-refractivity contribution in [3.63, 3.8) is 0 Å². The minimum atomic E-state index is -0.486. The fourth-order valence-electron chi connectivity index (χ4n) is 2.75. The molecule has 0 radical (unpaired) electrons. The Morgan fingerprint density at radius 3 is 2.48 bits per heavy atom. The maximum absolute atomic E-state index is 12.1. The Bertz CT molecular complexity index is 1150. The molecule has 0 aliphatic heterocycles. The van der Waals surface area contributed by atoms with Crippen LogP contribution in [0.4, 0.5) is 5.69 Å². The second-order valence-electron chi connectivity index (χ2n) is 6.48. The number of hydrogen-bond donors (Lipinski definition) is 1. The summed E-state index contributed by atoms with van der Waals surface area (Å²) >= 11 is 0. The first-order valence-corrected chi connectivity index (χ1v) is 9.39. The third-order valence-corrected chi connectivity index (χ3v) is 4.41. The number of non-ortho nitro benzene ring substituents is 1. The van der Waals surface area contributed by atoms with Gasteiger partial charge in [-0.2, -0.15) is 5.10 Å². The highest BCUT2D eigenvalue weighted by Gasteiger charge is 2.05. The molecule has 0 unspecified atom stereocenters. The number of carbonyl (C=O) groups excluding carboxylic acids is 1. The number of ether oxygens (including phenoxy) is 1. The summed E-state index contributed by atoms with van der Waals surface area (Å²) in [6.07, 6.45) is 2.87. The van der Waals surface area contributed by atoms with Crippen LogP contribution in [0.5, 0.6) is 5.75 Å². The lowest BCUT2D eigenvalue weighted by Crippen LogP contribution is -2.31. The number of hydrogen-bond acceptors (Lipinski definition) is 6. The van der Waals surface area contributed by atoms with E-state index in [0.29, 0.717) is 11.3 Å². The zero-order valence-corrected chi connectivity index (χ0v) is 16.7. The van der Waals surface area contributed by atoms with E-state index in [0.717, 1.165) is 11.3 Å². The summed E-state index contributed by atoms with van der Waals surface area (Å²) in [7, 11) is 1.59. The smallest absolute Gasteiger partial charge is 0.269 e. The highest BCUT2D eigenvalue weighted by Crippen LogP contribution is 2.19. The third kappa shape index (κ3) is 5.86. The van der Waals surface area contributed by atoms with Gasteiger partial charge in [0.25, 0.3) is 11.2 Å². The first kappa shape index (κ1) is 21.4. The van der Waals surface area contributed by atoms with Gasteiger partial charge in [0.1, 0.15) is 5.75 Å². The molecule has 0 aliphatic rings. The van der Waals surface area contributed by atoms with E-state index >= 15 is 0 Å². The Labute approximate surface area is 177 Å². The molecular weight excluding hydrogens is 400 g/mol. The van der Waals surface area contributed by atoms with Gasteiger partial charge in [-0.25, -0.2) is 4.68 Å². The van der Waals surface area contributed by atoms with Crippen LogP contribution in [0.25, 0.3) is 17.3 Å². The number of nitro benzene ring substituents is 1. The zero-order valence-electron chi connectivity index (χ0n) is 16.7. The van der Waals surface area contributed by atoms with Crippen molar-refractivity contribution in [1.82, 2.24) is 15.1 Å². The lowest BCUT2D eigenvalue weighted by atomic mass is 10.1. The van der Waals surface area contributed by atoms with E-state index in [4.69, 9.17) is 4.74 Å². The van der Waals surface area contributed by atoms with Gasteiger partial charge in [-0.3, -0.25) is 19.7 Å². The highest BCUT2D eigenvalue weighted by atomic mass is 16.6. The molecule has 31 heavy (non-hydrogen) atoms. The van der Waals surface area contributed by atoms with Crippen molar-refractivity contribution in [2.75, 3.05) is 13.7 Å². The summed E-state index contributed by atoms with van der Waals surface area (Å²) in [4.78, 5) is 34.2. The van der Waals surface area contributed by atoms with Crippen molar-refractivity contribution in [3.05, 3.63) is 92.8 Å². The Kier molecular flexibility index (Phi) is 6.89. The predicted molar refractivity (Wildman–Crippen MR) is 116 cm³/mol. The summed E-state index contributed by atoms with van der Waals surface area (Å²) in [6, 6.07) is 16.2. The van der Waals surface area contributed by atoms with E-state index in [1.165, 1.54) is 29.0 Å². The normalized spacial score (nSPS) is 10.7.